The predicted molar refractivity (Wildman–Crippen MR) is 80.1 cm³/mol. The summed E-state index contributed by atoms with van der Waals surface area (Å²) in [5.41, 5.74) is 9.39. The Morgan fingerprint density at radius 3 is 2.63 bits per heavy atom. The summed E-state index contributed by atoms with van der Waals surface area (Å²) < 4.78 is 0. The van der Waals surface area contributed by atoms with Crippen LogP contribution in [0, 0.1) is 19.8 Å². The Labute approximate surface area is 116 Å². The Morgan fingerprint density at radius 1 is 1.32 bits per heavy atom. The molecule has 0 aliphatic rings. The molecule has 1 amide bonds. The summed E-state index contributed by atoms with van der Waals surface area (Å²) in [6, 6.07) is 6.24. The number of amides is 1. The van der Waals surface area contributed by atoms with Crippen LogP contribution in [0.15, 0.2) is 18.2 Å². The molecule has 0 spiro atoms. The standard InChI is InChI=1S/C16H26N2O/c1-11(2)7-15(17)10-18-16(19)9-14-8-12(3)5-6-13(14)4/h5-6,8,11,15H,7,9-10,17H2,1-4H3,(H,18,19). The summed E-state index contributed by atoms with van der Waals surface area (Å²) >= 11 is 0. The number of carbonyl (C=O) groups excluding carboxylic acids is 1. The third-order valence-corrected chi connectivity index (χ3v) is 3.19. The fourth-order valence-electron chi connectivity index (χ4n) is 2.16. The van der Waals surface area contributed by atoms with Gasteiger partial charge in [-0.05, 0) is 37.3 Å². The van der Waals surface area contributed by atoms with E-state index >= 15 is 0 Å². The van der Waals surface area contributed by atoms with Gasteiger partial charge in [-0.25, -0.2) is 0 Å². The molecule has 3 N–H and O–H groups in total. The van der Waals surface area contributed by atoms with Crippen LogP contribution >= 0.6 is 0 Å². The van der Waals surface area contributed by atoms with Crippen LogP contribution in [0.5, 0.6) is 0 Å². The van der Waals surface area contributed by atoms with Gasteiger partial charge in [-0.3, -0.25) is 4.79 Å². The molecule has 0 bridgehead atoms. The molecule has 0 saturated carbocycles. The van der Waals surface area contributed by atoms with E-state index in [2.05, 4.69) is 37.4 Å². The van der Waals surface area contributed by atoms with E-state index in [-0.39, 0.29) is 11.9 Å². The van der Waals surface area contributed by atoms with Gasteiger partial charge in [0.05, 0.1) is 6.42 Å². The van der Waals surface area contributed by atoms with Gasteiger partial charge in [-0.2, -0.15) is 0 Å². The lowest BCUT2D eigenvalue weighted by Gasteiger charge is -2.15. The highest BCUT2D eigenvalue weighted by Crippen LogP contribution is 2.11. The van der Waals surface area contributed by atoms with Crippen LogP contribution < -0.4 is 11.1 Å². The minimum atomic E-state index is 0.0440. The lowest BCUT2D eigenvalue weighted by molar-refractivity contribution is -0.120. The van der Waals surface area contributed by atoms with Crippen molar-refractivity contribution in [3.05, 3.63) is 34.9 Å². The van der Waals surface area contributed by atoms with E-state index in [1.807, 2.05) is 13.8 Å². The molecule has 0 fully saturated rings. The zero-order valence-electron chi connectivity index (χ0n) is 12.5. The number of hydrogen-bond acceptors (Lipinski definition) is 2. The van der Waals surface area contributed by atoms with Crippen molar-refractivity contribution in [2.75, 3.05) is 6.54 Å². The number of benzene rings is 1. The third kappa shape index (κ3) is 5.88. The number of carbonyl (C=O) groups is 1. The quantitative estimate of drug-likeness (QED) is 0.826. The van der Waals surface area contributed by atoms with Gasteiger partial charge in [0.1, 0.15) is 0 Å². The molecule has 19 heavy (non-hydrogen) atoms. The molecule has 0 radical (unpaired) electrons. The van der Waals surface area contributed by atoms with Crippen molar-refractivity contribution >= 4 is 5.91 Å². The number of aryl methyl sites for hydroxylation is 2. The van der Waals surface area contributed by atoms with Crippen molar-refractivity contribution in [1.29, 1.82) is 0 Å². The highest BCUT2D eigenvalue weighted by atomic mass is 16.1. The molecule has 1 unspecified atom stereocenters. The van der Waals surface area contributed by atoms with Gasteiger partial charge >= 0.3 is 0 Å². The average molecular weight is 262 g/mol. The van der Waals surface area contributed by atoms with Gasteiger partial charge in [0.2, 0.25) is 5.91 Å². The first-order valence-corrected chi connectivity index (χ1v) is 6.97. The zero-order valence-corrected chi connectivity index (χ0v) is 12.5. The molecule has 3 heteroatoms. The van der Waals surface area contributed by atoms with Gasteiger partial charge in [-0.1, -0.05) is 37.6 Å². The Balaban J connectivity index is 2.45. The summed E-state index contributed by atoms with van der Waals surface area (Å²) in [7, 11) is 0. The molecule has 1 aromatic rings. The third-order valence-electron chi connectivity index (χ3n) is 3.19. The van der Waals surface area contributed by atoms with Gasteiger partial charge in [0, 0.05) is 12.6 Å². The predicted octanol–water partition coefficient (Wildman–Crippen LogP) is 2.34. The maximum absolute atomic E-state index is 11.9. The number of rotatable bonds is 6. The SMILES string of the molecule is Cc1ccc(C)c(CC(=O)NCC(N)CC(C)C)c1. The summed E-state index contributed by atoms with van der Waals surface area (Å²) in [6.07, 6.45) is 1.37. The number of hydrogen-bond donors (Lipinski definition) is 2. The highest BCUT2D eigenvalue weighted by molar-refractivity contribution is 5.79. The molecule has 0 aliphatic carbocycles. The molecule has 0 aliphatic heterocycles. The van der Waals surface area contributed by atoms with Crippen LogP contribution in [0.2, 0.25) is 0 Å². The van der Waals surface area contributed by atoms with Crippen LogP contribution in [-0.2, 0) is 11.2 Å². The Kier molecular flexibility index (Phi) is 6.03. The molecule has 1 atom stereocenters. The second-order valence-electron chi connectivity index (χ2n) is 5.80. The summed E-state index contributed by atoms with van der Waals surface area (Å²) in [4.78, 5) is 11.9. The maximum Gasteiger partial charge on any atom is 0.224 e. The molecular weight excluding hydrogens is 236 g/mol. The van der Waals surface area contributed by atoms with Gasteiger partial charge < -0.3 is 11.1 Å². The molecule has 0 aromatic heterocycles. The van der Waals surface area contributed by atoms with Gasteiger partial charge in [-0.15, -0.1) is 0 Å². The largest absolute Gasteiger partial charge is 0.354 e. The fraction of sp³-hybridized carbons (Fsp3) is 0.562. The van der Waals surface area contributed by atoms with E-state index in [0.717, 1.165) is 17.5 Å². The Bertz CT molecular complexity index is 427. The second-order valence-corrected chi connectivity index (χ2v) is 5.80. The van der Waals surface area contributed by atoms with Gasteiger partial charge in [0.15, 0.2) is 0 Å². The Hall–Kier alpha value is -1.35. The monoisotopic (exact) mass is 262 g/mol. The van der Waals surface area contributed by atoms with Crippen LogP contribution in [0.3, 0.4) is 0 Å². The fourth-order valence-corrected chi connectivity index (χ4v) is 2.16. The lowest BCUT2D eigenvalue weighted by Crippen LogP contribution is -2.38. The van der Waals surface area contributed by atoms with Crippen molar-refractivity contribution in [2.24, 2.45) is 11.7 Å². The van der Waals surface area contributed by atoms with E-state index < -0.39 is 0 Å². The molecule has 3 nitrogen and oxygen atoms in total. The lowest BCUT2D eigenvalue weighted by atomic mass is 10.0. The van der Waals surface area contributed by atoms with E-state index in [1.54, 1.807) is 0 Å². The zero-order chi connectivity index (χ0) is 14.4. The molecule has 0 heterocycles. The average Bonchev–Trinajstić information content (AvgIpc) is 2.30. The smallest absolute Gasteiger partial charge is 0.224 e. The van der Waals surface area contributed by atoms with E-state index in [9.17, 15) is 4.79 Å². The summed E-state index contributed by atoms with van der Waals surface area (Å²) in [6.45, 7) is 8.91. The van der Waals surface area contributed by atoms with Crippen molar-refractivity contribution in [3.8, 4) is 0 Å². The van der Waals surface area contributed by atoms with Crippen LogP contribution in [0.1, 0.15) is 37.0 Å². The first-order chi connectivity index (χ1) is 8.88. The summed E-state index contributed by atoms with van der Waals surface area (Å²) in [5.74, 6) is 0.610. The highest BCUT2D eigenvalue weighted by Gasteiger charge is 2.09. The minimum Gasteiger partial charge on any atom is -0.354 e. The normalized spacial score (nSPS) is 12.5. The summed E-state index contributed by atoms with van der Waals surface area (Å²) in [5, 5.41) is 2.92. The van der Waals surface area contributed by atoms with E-state index in [1.165, 1.54) is 5.56 Å². The van der Waals surface area contributed by atoms with Crippen molar-refractivity contribution in [1.82, 2.24) is 5.32 Å². The van der Waals surface area contributed by atoms with Crippen molar-refractivity contribution in [3.63, 3.8) is 0 Å². The topological polar surface area (TPSA) is 55.1 Å². The number of nitrogens with one attached hydrogen (secondary N) is 1. The van der Waals surface area contributed by atoms with Crippen molar-refractivity contribution in [2.45, 2.75) is 46.6 Å². The minimum absolute atomic E-state index is 0.0440. The van der Waals surface area contributed by atoms with E-state index in [0.29, 0.717) is 18.9 Å². The maximum atomic E-state index is 11.9. The first kappa shape index (κ1) is 15.7. The number of nitrogens with two attached hydrogens (primary N) is 1. The molecule has 0 saturated heterocycles. The van der Waals surface area contributed by atoms with Crippen molar-refractivity contribution < 1.29 is 4.79 Å². The first-order valence-electron chi connectivity index (χ1n) is 6.97. The van der Waals surface area contributed by atoms with Gasteiger partial charge in [0.25, 0.3) is 0 Å². The molecule has 1 aromatic carbocycles. The van der Waals surface area contributed by atoms with Crippen LogP contribution in [0.4, 0.5) is 0 Å². The second kappa shape index (κ2) is 7.29. The van der Waals surface area contributed by atoms with Crippen LogP contribution in [0.25, 0.3) is 0 Å². The van der Waals surface area contributed by atoms with E-state index in [4.69, 9.17) is 5.73 Å². The molecule has 106 valence electrons. The molecule has 1 rings (SSSR count). The van der Waals surface area contributed by atoms with Crippen LogP contribution in [-0.4, -0.2) is 18.5 Å². The molecular formula is C16H26N2O. The Morgan fingerprint density at radius 2 is 2.00 bits per heavy atom.